The number of hydrogen-bond donors (Lipinski definition) is 0. The number of carbonyl (C=O) groups excluding carboxylic acids is 2. The first-order valence-electron chi connectivity index (χ1n) is 6.63. The number of halogens is 2. The number of thiazole rings is 1. The Bertz CT molecular complexity index is 1120. The molecule has 24 heavy (non-hydrogen) atoms. The summed E-state index contributed by atoms with van der Waals surface area (Å²) < 4.78 is 1.12. The van der Waals surface area contributed by atoms with Gasteiger partial charge in [-0.25, -0.2) is 14.1 Å². The zero-order valence-corrected chi connectivity index (χ0v) is 14.2. The van der Waals surface area contributed by atoms with Crippen LogP contribution in [0.4, 0.5) is 5.69 Å². The standard InChI is InChI=1S/C14H6Cl2N4O3S/c1-5-13-20(14(23)18-17-5)9-10(24-13)12(22)19(11(9)21)8-3-2-6(15)4-7(8)16/h2-4H,1H3. The van der Waals surface area contributed by atoms with Crippen molar-refractivity contribution in [2.75, 3.05) is 4.90 Å². The van der Waals surface area contributed by atoms with Crippen LogP contribution in [0.15, 0.2) is 23.0 Å². The van der Waals surface area contributed by atoms with E-state index in [1.165, 1.54) is 18.2 Å². The Labute approximate surface area is 148 Å². The quantitative estimate of drug-likeness (QED) is 0.605. The lowest BCUT2D eigenvalue weighted by molar-refractivity contribution is 0.0925. The van der Waals surface area contributed by atoms with E-state index in [1.807, 2.05) is 0 Å². The van der Waals surface area contributed by atoms with Crippen molar-refractivity contribution >= 4 is 56.9 Å². The average Bonchev–Trinajstić information content (AvgIpc) is 3.03. The molecule has 3 aromatic rings. The molecule has 120 valence electrons. The highest BCUT2D eigenvalue weighted by atomic mass is 35.5. The van der Waals surface area contributed by atoms with Crippen LogP contribution >= 0.6 is 34.5 Å². The molecule has 2 amide bonds. The van der Waals surface area contributed by atoms with Crippen LogP contribution < -0.4 is 10.6 Å². The van der Waals surface area contributed by atoms with Gasteiger partial charge in [0, 0.05) is 5.02 Å². The summed E-state index contributed by atoms with van der Waals surface area (Å²) in [4.78, 5) is 39.0. The molecular formula is C14H6Cl2N4O3S. The monoisotopic (exact) mass is 380 g/mol. The largest absolute Gasteiger partial charge is 0.372 e. The summed E-state index contributed by atoms with van der Waals surface area (Å²) in [5.74, 6) is -1.19. The normalized spacial score (nSPS) is 13.9. The first-order chi connectivity index (χ1) is 11.4. The lowest BCUT2D eigenvalue weighted by atomic mass is 10.3. The molecule has 10 heteroatoms. The molecule has 0 atom stereocenters. The zero-order valence-electron chi connectivity index (χ0n) is 11.9. The highest BCUT2D eigenvalue weighted by molar-refractivity contribution is 7.20. The van der Waals surface area contributed by atoms with E-state index in [-0.39, 0.29) is 21.3 Å². The highest BCUT2D eigenvalue weighted by Gasteiger charge is 2.42. The molecule has 0 aliphatic carbocycles. The van der Waals surface area contributed by atoms with Crippen LogP contribution in [0, 0.1) is 6.92 Å². The first kappa shape index (κ1) is 15.3. The van der Waals surface area contributed by atoms with Gasteiger partial charge in [-0.15, -0.1) is 16.4 Å². The number of rotatable bonds is 1. The van der Waals surface area contributed by atoms with Crippen molar-refractivity contribution in [1.82, 2.24) is 14.6 Å². The van der Waals surface area contributed by atoms with Gasteiger partial charge in [0.05, 0.1) is 16.4 Å². The van der Waals surface area contributed by atoms with E-state index in [9.17, 15) is 14.4 Å². The SMILES string of the molecule is Cc1nnc(=O)n2c3c(sc12)C(=O)N(c1ccc(Cl)cc1Cl)C3=O. The first-order valence-corrected chi connectivity index (χ1v) is 8.20. The van der Waals surface area contributed by atoms with E-state index in [4.69, 9.17) is 23.2 Å². The van der Waals surface area contributed by atoms with Gasteiger partial charge in [-0.3, -0.25) is 9.59 Å². The number of amides is 2. The Hall–Kier alpha value is -2.29. The van der Waals surface area contributed by atoms with Gasteiger partial charge in [0.2, 0.25) is 0 Å². The Morgan fingerprint density at radius 1 is 1.08 bits per heavy atom. The van der Waals surface area contributed by atoms with Gasteiger partial charge in [-0.2, -0.15) is 0 Å². The second-order valence-electron chi connectivity index (χ2n) is 5.03. The minimum Gasteiger partial charge on any atom is -0.267 e. The molecule has 7 nitrogen and oxygen atoms in total. The van der Waals surface area contributed by atoms with Crippen molar-refractivity contribution in [2.24, 2.45) is 0 Å². The number of hydrogen-bond acceptors (Lipinski definition) is 6. The molecule has 1 aliphatic heterocycles. The lowest BCUT2D eigenvalue weighted by Crippen LogP contribution is -2.31. The summed E-state index contributed by atoms with van der Waals surface area (Å²) in [6.07, 6.45) is 0. The fourth-order valence-electron chi connectivity index (χ4n) is 2.54. The van der Waals surface area contributed by atoms with Gasteiger partial charge in [0.15, 0.2) is 0 Å². The van der Waals surface area contributed by atoms with Crippen LogP contribution in [0.5, 0.6) is 0 Å². The number of nitrogens with zero attached hydrogens (tertiary/aromatic N) is 4. The van der Waals surface area contributed by atoms with Crippen molar-refractivity contribution in [3.8, 4) is 0 Å². The summed E-state index contributed by atoms with van der Waals surface area (Å²) >= 11 is 13.0. The van der Waals surface area contributed by atoms with Crippen molar-refractivity contribution in [3.63, 3.8) is 0 Å². The van der Waals surface area contributed by atoms with Gasteiger partial charge in [0.1, 0.15) is 15.4 Å². The van der Waals surface area contributed by atoms with Crippen LogP contribution in [0.3, 0.4) is 0 Å². The smallest absolute Gasteiger partial charge is 0.267 e. The van der Waals surface area contributed by atoms with E-state index in [1.54, 1.807) is 6.92 Å². The molecule has 0 unspecified atom stereocenters. The summed E-state index contributed by atoms with van der Waals surface area (Å²) in [5.41, 5.74) is -0.0580. The number of imide groups is 1. The van der Waals surface area contributed by atoms with E-state index < -0.39 is 17.5 Å². The number of anilines is 1. The van der Waals surface area contributed by atoms with Crippen molar-refractivity contribution in [3.05, 3.63) is 55.0 Å². The highest BCUT2D eigenvalue weighted by Crippen LogP contribution is 2.37. The van der Waals surface area contributed by atoms with Gasteiger partial charge in [0.25, 0.3) is 11.8 Å². The fraction of sp³-hybridized carbons (Fsp3) is 0.0714. The molecule has 1 aliphatic rings. The second-order valence-corrected chi connectivity index (χ2v) is 6.87. The molecular weight excluding hydrogens is 375 g/mol. The Morgan fingerprint density at radius 2 is 1.83 bits per heavy atom. The van der Waals surface area contributed by atoms with Gasteiger partial charge in [-0.05, 0) is 25.1 Å². The van der Waals surface area contributed by atoms with Crippen LogP contribution in [0.25, 0.3) is 4.83 Å². The maximum atomic E-state index is 12.8. The van der Waals surface area contributed by atoms with Gasteiger partial charge in [-0.1, -0.05) is 28.3 Å². The van der Waals surface area contributed by atoms with Gasteiger partial charge >= 0.3 is 5.69 Å². The maximum Gasteiger partial charge on any atom is 0.372 e. The number of aromatic nitrogens is 3. The molecule has 0 radical (unpaired) electrons. The van der Waals surface area contributed by atoms with E-state index in [2.05, 4.69) is 10.2 Å². The van der Waals surface area contributed by atoms with Crippen molar-refractivity contribution in [2.45, 2.75) is 6.92 Å². The van der Waals surface area contributed by atoms with E-state index in [0.717, 1.165) is 20.6 Å². The number of benzene rings is 1. The van der Waals surface area contributed by atoms with Crippen LogP contribution in [-0.4, -0.2) is 26.4 Å². The predicted octanol–water partition coefficient (Wildman–Crippen LogP) is 2.57. The minimum absolute atomic E-state index is 0.0194. The molecule has 0 saturated heterocycles. The molecule has 0 N–H and O–H groups in total. The third kappa shape index (κ3) is 1.94. The van der Waals surface area contributed by atoms with E-state index >= 15 is 0 Å². The average molecular weight is 381 g/mol. The topological polar surface area (TPSA) is 84.6 Å². The Morgan fingerprint density at radius 3 is 2.54 bits per heavy atom. The van der Waals surface area contributed by atoms with Crippen LogP contribution in [0.1, 0.15) is 25.9 Å². The van der Waals surface area contributed by atoms with Crippen molar-refractivity contribution < 1.29 is 9.59 Å². The fourth-order valence-corrected chi connectivity index (χ4v) is 4.13. The summed E-state index contributed by atoms with van der Waals surface area (Å²) in [6, 6.07) is 4.44. The zero-order chi connectivity index (χ0) is 17.2. The molecule has 3 heterocycles. The Balaban J connectivity index is 1.97. The number of carbonyl (C=O) groups is 2. The van der Waals surface area contributed by atoms with Crippen molar-refractivity contribution in [1.29, 1.82) is 0 Å². The summed E-state index contributed by atoms with van der Waals surface area (Å²) in [5, 5.41) is 7.75. The van der Waals surface area contributed by atoms with Crippen LogP contribution in [0.2, 0.25) is 10.0 Å². The third-order valence-electron chi connectivity index (χ3n) is 3.58. The lowest BCUT2D eigenvalue weighted by Gasteiger charge is -2.15. The third-order valence-corrected chi connectivity index (χ3v) is 5.36. The minimum atomic E-state index is -0.710. The molecule has 0 fully saturated rings. The number of aryl methyl sites for hydroxylation is 1. The van der Waals surface area contributed by atoms with Crippen LogP contribution in [-0.2, 0) is 0 Å². The predicted molar refractivity (Wildman–Crippen MR) is 89.5 cm³/mol. The molecule has 0 spiro atoms. The molecule has 1 aromatic carbocycles. The summed E-state index contributed by atoms with van der Waals surface area (Å²) in [7, 11) is 0. The Kier molecular flexibility index (Phi) is 3.24. The number of fused-ring (bicyclic) bond motifs is 3. The van der Waals surface area contributed by atoms with Gasteiger partial charge < -0.3 is 0 Å². The van der Waals surface area contributed by atoms with E-state index in [0.29, 0.717) is 15.5 Å². The maximum absolute atomic E-state index is 12.8. The molecule has 2 aromatic heterocycles. The molecule has 0 bridgehead atoms. The molecule has 0 saturated carbocycles. The molecule has 4 rings (SSSR count). The second kappa shape index (κ2) is 5.10. The summed E-state index contributed by atoms with van der Waals surface area (Å²) in [6.45, 7) is 1.65.